The molecule has 0 saturated carbocycles. The quantitative estimate of drug-likeness (QED) is 0.675. The van der Waals surface area contributed by atoms with E-state index >= 15 is 0 Å². The topological polar surface area (TPSA) is 61.4 Å². The zero-order valence-electron chi connectivity index (χ0n) is 13.9. The minimum Gasteiger partial charge on any atom is -0.350 e. The van der Waals surface area contributed by atoms with E-state index in [1.165, 1.54) is 0 Å². The minimum atomic E-state index is -0.287. The van der Waals surface area contributed by atoms with Crippen LogP contribution in [0.2, 0.25) is 0 Å². The first kappa shape index (κ1) is 18.9. The predicted molar refractivity (Wildman–Crippen MR) is 82.5 cm³/mol. The van der Waals surface area contributed by atoms with Gasteiger partial charge in [0.05, 0.1) is 6.04 Å². The Bertz CT molecular complexity index is 312. The summed E-state index contributed by atoms with van der Waals surface area (Å²) in [4.78, 5) is 25.6. The van der Waals surface area contributed by atoms with E-state index < -0.39 is 0 Å². The third-order valence-corrected chi connectivity index (χ3v) is 3.64. The highest BCUT2D eigenvalue weighted by molar-refractivity contribution is 5.82. The monoisotopic (exact) mass is 285 g/mol. The summed E-state index contributed by atoms with van der Waals surface area (Å²) in [5.74, 6) is 0.108. The third kappa shape index (κ3) is 6.89. The molecule has 5 nitrogen and oxygen atoms in total. The Hall–Kier alpha value is -1.10. The van der Waals surface area contributed by atoms with Crippen LogP contribution in [0.25, 0.3) is 0 Å². The molecule has 0 saturated heterocycles. The van der Waals surface area contributed by atoms with E-state index in [0.717, 1.165) is 19.5 Å². The van der Waals surface area contributed by atoms with Crippen LogP contribution in [0.1, 0.15) is 54.4 Å². The minimum absolute atomic E-state index is 0.0212. The van der Waals surface area contributed by atoms with Gasteiger partial charge in [-0.2, -0.15) is 0 Å². The maximum Gasteiger partial charge on any atom is 0.237 e. The van der Waals surface area contributed by atoms with Gasteiger partial charge >= 0.3 is 0 Å². The van der Waals surface area contributed by atoms with Crippen LogP contribution in [0.5, 0.6) is 0 Å². The van der Waals surface area contributed by atoms with E-state index in [1.54, 1.807) is 4.90 Å². The van der Waals surface area contributed by atoms with Gasteiger partial charge in [-0.25, -0.2) is 0 Å². The lowest BCUT2D eigenvalue weighted by molar-refractivity contribution is -0.131. The first-order valence-electron chi connectivity index (χ1n) is 7.60. The molecule has 5 heteroatoms. The Balaban J connectivity index is 4.08. The van der Waals surface area contributed by atoms with Crippen molar-refractivity contribution in [3.05, 3.63) is 0 Å². The van der Waals surface area contributed by atoms with E-state index in [-0.39, 0.29) is 23.4 Å². The average molecular weight is 285 g/mol. The summed E-state index contributed by atoms with van der Waals surface area (Å²) in [7, 11) is 0. The van der Waals surface area contributed by atoms with E-state index in [1.807, 2.05) is 41.5 Å². The van der Waals surface area contributed by atoms with Crippen molar-refractivity contribution in [2.45, 2.75) is 66.0 Å². The van der Waals surface area contributed by atoms with E-state index in [9.17, 15) is 9.59 Å². The summed E-state index contributed by atoms with van der Waals surface area (Å²) in [6.07, 6.45) is 1.31. The van der Waals surface area contributed by atoms with Gasteiger partial charge in [0.15, 0.2) is 0 Å². The summed E-state index contributed by atoms with van der Waals surface area (Å²) in [6, 6.07) is -0.287. The number of hydrogen-bond acceptors (Lipinski definition) is 3. The number of amides is 2. The number of carbonyl (C=O) groups excluding carboxylic acids is 2. The lowest BCUT2D eigenvalue weighted by Gasteiger charge is -2.27. The third-order valence-electron chi connectivity index (χ3n) is 3.64. The van der Waals surface area contributed by atoms with Gasteiger partial charge in [-0.05, 0) is 41.0 Å². The van der Waals surface area contributed by atoms with Crippen LogP contribution in [0, 0.1) is 0 Å². The lowest BCUT2D eigenvalue weighted by atomic mass is 10.0. The van der Waals surface area contributed by atoms with Gasteiger partial charge in [-0.3, -0.25) is 9.59 Å². The van der Waals surface area contributed by atoms with Crippen LogP contribution in [0.4, 0.5) is 0 Å². The molecule has 1 atom stereocenters. The van der Waals surface area contributed by atoms with Crippen molar-refractivity contribution in [2.75, 3.05) is 19.6 Å². The summed E-state index contributed by atoms with van der Waals surface area (Å²) in [6.45, 7) is 13.8. The Morgan fingerprint density at radius 1 is 1.15 bits per heavy atom. The fourth-order valence-corrected chi connectivity index (χ4v) is 1.75. The first-order valence-corrected chi connectivity index (χ1v) is 7.60. The highest BCUT2D eigenvalue weighted by Crippen LogP contribution is 2.06. The fourth-order valence-electron chi connectivity index (χ4n) is 1.75. The summed E-state index contributed by atoms with van der Waals surface area (Å²) >= 11 is 0. The molecule has 20 heavy (non-hydrogen) atoms. The first-order chi connectivity index (χ1) is 9.27. The Labute approximate surface area is 123 Å². The van der Waals surface area contributed by atoms with Crippen molar-refractivity contribution >= 4 is 11.8 Å². The molecule has 0 aromatic rings. The van der Waals surface area contributed by atoms with Crippen LogP contribution in [0.15, 0.2) is 0 Å². The van der Waals surface area contributed by atoms with Crippen molar-refractivity contribution < 1.29 is 9.59 Å². The normalized spacial score (nSPS) is 12.9. The van der Waals surface area contributed by atoms with E-state index in [4.69, 9.17) is 0 Å². The molecule has 0 aliphatic carbocycles. The molecule has 0 aliphatic heterocycles. The van der Waals surface area contributed by atoms with Crippen LogP contribution in [-0.4, -0.2) is 47.9 Å². The highest BCUT2D eigenvalue weighted by Gasteiger charge is 2.21. The molecule has 0 bridgehead atoms. The van der Waals surface area contributed by atoms with Crippen LogP contribution in [0.3, 0.4) is 0 Å². The molecule has 0 heterocycles. The van der Waals surface area contributed by atoms with Gasteiger partial charge in [-0.1, -0.05) is 6.92 Å². The predicted octanol–water partition coefficient (Wildman–Crippen LogP) is 1.53. The van der Waals surface area contributed by atoms with E-state index in [2.05, 4.69) is 10.6 Å². The van der Waals surface area contributed by atoms with Gasteiger partial charge in [0, 0.05) is 31.6 Å². The molecule has 1 unspecified atom stereocenters. The Morgan fingerprint density at radius 3 is 2.15 bits per heavy atom. The Kier molecular flexibility index (Phi) is 8.46. The van der Waals surface area contributed by atoms with Gasteiger partial charge in [0.2, 0.25) is 11.8 Å². The molecule has 118 valence electrons. The molecular formula is C15H31N3O2. The molecule has 0 rings (SSSR count). The standard InChI is InChI=1S/C15H31N3O2/c1-7-15(5,6)17-14(20)12(4)16-11-10-13(19)18(8-2)9-3/h12,16H,7-11H2,1-6H3,(H,17,20). The number of hydrogen-bond donors (Lipinski definition) is 2. The lowest BCUT2D eigenvalue weighted by Crippen LogP contribution is -2.51. The second-order valence-corrected chi connectivity index (χ2v) is 5.72. The van der Waals surface area contributed by atoms with Gasteiger partial charge in [0.1, 0.15) is 0 Å². The van der Waals surface area contributed by atoms with Crippen molar-refractivity contribution in [1.82, 2.24) is 15.5 Å². The largest absolute Gasteiger partial charge is 0.350 e. The smallest absolute Gasteiger partial charge is 0.237 e. The molecule has 0 aliphatic rings. The molecule has 2 N–H and O–H groups in total. The molecule has 0 radical (unpaired) electrons. The maximum absolute atomic E-state index is 12.0. The summed E-state index contributed by atoms with van der Waals surface area (Å²) in [5.41, 5.74) is -0.190. The fraction of sp³-hybridized carbons (Fsp3) is 0.867. The zero-order chi connectivity index (χ0) is 15.8. The van der Waals surface area contributed by atoms with Crippen LogP contribution >= 0.6 is 0 Å². The van der Waals surface area contributed by atoms with Crippen molar-refractivity contribution in [3.8, 4) is 0 Å². The number of nitrogens with zero attached hydrogens (tertiary/aromatic N) is 1. The molecule has 0 aromatic heterocycles. The summed E-state index contributed by atoms with van der Waals surface area (Å²) in [5, 5.41) is 6.10. The number of rotatable bonds is 9. The maximum atomic E-state index is 12.0. The van der Waals surface area contributed by atoms with Crippen molar-refractivity contribution in [3.63, 3.8) is 0 Å². The van der Waals surface area contributed by atoms with Crippen LogP contribution in [-0.2, 0) is 9.59 Å². The van der Waals surface area contributed by atoms with Gasteiger partial charge in [0.25, 0.3) is 0 Å². The molecule has 0 spiro atoms. The molecule has 0 aromatic carbocycles. The molecule has 2 amide bonds. The van der Waals surface area contributed by atoms with Crippen LogP contribution < -0.4 is 10.6 Å². The average Bonchev–Trinajstić information content (AvgIpc) is 2.39. The van der Waals surface area contributed by atoms with Crippen molar-refractivity contribution in [1.29, 1.82) is 0 Å². The second-order valence-electron chi connectivity index (χ2n) is 5.72. The van der Waals surface area contributed by atoms with Gasteiger partial charge in [-0.15, -0.1) is 0 Å². The number of nitrogens with one attached hydrogen (secondary N) is 2. The second kappa shape index (κ2) is 8.95. The molecular weight excluding hydrogens is 254 g/mol. The molecule has 0 fully saturated rings. The zero-order valence-corrected chi connectivity index (χ0v) is 13.9. The van der Waals surface area contributed by atoms with Gasteiger partial charge < -0.3 is 15.5 Å². The number of carbonyl (C=O) groups is 2. The Morgan fingerprint density at radius 2 is 1.70 bits per heavy atom. The summed E-state index contributed by atoms with van der Waals surface area (Å²) < 4.78 is 0. The SMILES string of the molecule is CCN(CC)C(=O)CCNC(C)C(=O)NC(C)(C)CC. The van der Waals surface area contributed by atoms with E-state index in [0.29, 0.717) is 13.0 Å². The van der Waals surface area contributed by atoms with Crippen molar-refractivity contribution in [2.24, 2.45) is 0 Å². The highest BCUT2D eigenvalue weighted by atomic mass is 16.2.